The van der Waals surface area contributed by atoms with E-state index >= 15 is 0 Å². The molecule has 0 atom stereocenters. The third kappa shape index (κ3) is 2.22. The molecule has 0 bridgehead atoms. The van der Waals surface area contributed by atoms with Gasteiger partial charge in [-0.1, -0.05) is 0 Å². The second-order valence-corrected chi connectivity index (χ2v) is 4.86. The predicted octanol–water partition coefficient (Wildman–Crippen LogP) is 2.03. The fraction of sp³-hybridized carbons (Fsp3) is 0.200. The van der Waals surface area contributed by atoms with Gasteiger partial charge in [0.05, 0.1) is 0 Å². The number of imidazole rings is 1. The van der Waals surface area contributed by atoms with Crippen molar-refractivity contribution in [2.24, 2.45) is 7.05 Å². The Morgan fingerprint density at radius 3 is 2.70 bits per heavy atom. The van der Waals surface area contributed by atoms with Crippen molar-refractivity contribution in [1.29, 1.82) is 0 Å². The Balaban J connectivity index is 2.13. The average molecular weight is 300 g/mol. The van der Waals surface area contributed by atoms with Gasteiger partial charge in [0.1, 0.15) is 11.4 Å². The second-order valence-electron chi connectivity index (χ2n) is 3.87. The zero-order chi connectivity index (χ0) is 14.3. The van der Waals surface area contributed by atoms with Crippen LogP contribution in [0.25, 0.3) is 5.78 Å². The van der Waals surface area contributed by atoms with Crippen molar-refractivity contribution >= 4 is 17.5 Å². The number of aromatic nitrogens is 6. The minimum absolute atomic E-state index is 0.100. The van der Waals surface area contributed by atoms with Crippen molar-refractivity contribution in [3.8, 4) is 0 Å². The summed E-state index contributed by atoms with van der Waals surface area (Å²) in [5.74, 6) is -0.100. The smallest absolute Gasteiger partial charge is 0.329 e. The van der Waals surface area contributed by atoms with E-state index in [9.17, 15) is 13.2 Å². The average Bonchev–Trinajstić information content (AvgIpc) is 2.97. The van der Waals surface area contributed by atoms with E-state index < -0.39 is 11.9 Å². The van der Waals surface area contributed by atoms with Crippen molar-refractivity contribution in [3.05, 3.63) is 30.5 Å². The third-order valence-electron chi connectivity index (χ3n) is 2.48. The molecule has 3 aromatic heterocycles. The number of fused-ring (bicyclic) bond motifs is 1. The number of aryl methyl sites for hydroxylation is 1. The number of alkyl halides is 3. The lowest BCUT2D eigenvalue weighted by atomic mass is 10.4. The summed E-state index contributed by atoms with van der Waals surface area (Å²) < 4.78 is 41.4. The number of hydrogen-bond acceptors (Lipinski definition) is 5. The zero-order valence-corrected chi connectivity index (χ0v) is 10.9. The summed E-state index contributed by atoms with van der Waals surface area (Å²) in [5, 5.41) is 4.66. The summed E-state index contributed by atoms with van der Waals surface area (Å²) in [7, 11) is 1.75. The minimum atomic E-state index is -4.54. The molecule has 0 aliphatic heterocycles. The molecule has 3 aromatic rings. The van der Waals surface area contributed by atoms with E-state index in [-0.39, 0.29) is 10.8 Å². The summed E-state index contributed by atoms with van der Waals surface area (Å²) >= 11 is 1.06. The number of nitrogens with zero attached hydrogens (tertiary/aromatic N) is 6. The molecule has 0 radical (unpaired) electrons. The summed E-state index contributed by atoms with van der Waals surface area (Å²) in [6.45, 7) is 0. The lowest BCUT2D eigenvalue weighted by Gasteiger charge is -2.09. The zero-order valence-electron chi connectivity index (χ0n) is 10.0. The monoisotopic (exact) mass is 300 g/mol. The van der Waals surface area contributed by atoms with Gasteiger partial charge in [0.15, 0.2) is 10.9 Å². The first kappa shape index (κ1) is 12.9. The molecule has 0 spiro atoms. The standard InChI is InChI=1S/C10H7F3N6S/c1-18-3-2-14-9(18)20-7-4-6(10(11,12)13)17-8-15-5-16-19(7)8/h2-5H,1H3. The van der Waals surface area contributed by atoms with Crippen LogP contribution in [0.2, 0.25) is 0 Å². The van der Waals surface area contributed by atoms with Gasteiger partial charge in [-0.2, -0.15) is 27.8 Å². The van der Waals surface area contributed by atoms with Crippen molar-refractivity contribution in [3.63, 3.8) is 0 Å². The molecule has 0 saturated carbocycles. The summed E-state index contributed by atoms with van der Waals surface area (Å²) in [6.07, 6.45) is -0.116. The summed E-state index contributed by atoms with van der Waals surface area (Å²) in [5.41, 5.74) is -1.00. The highest BCUT2D eigenvalue weighted by atomic mass is 32.2. The molecule has 3 heterocycles. The van der Waals surface area contributed by atoms with E-state index in [2.05, 4.69) is 20.1 Å². The Bertz CT molecular complexity index is 762. The van der Waals surface area contributed by atoms with Crippen LogP contribution in [0.1, 0.15) is 5.69 Å². The maximum absolute atomic E-state index is 12.8. The van der Waals surface area contributed by atoms with Crippen molar-refractivity contribution in [2.75, 3.05) is 0 Å². The first-order valence-corrected chi connectivity index (χ1v) is 6.20. The van der Waals surface area contributed by atoms with Crippen LogP contribution in [-0.4, -0.2) is 29.1 Å². The van der Waals surface area contributed by atoms with Crippen LogP contribution in [-0.2, 0) is 13.2 Å². The molecular weight excluding hydrogens is 293 g/mol. The van der Waals surface area contributed by atoms with Crippen LogP contribution in [0.15, 0.2) is 35.0 Å². The lowest BCUT2D eigenvalue weighted by Crippen LogP contribution is -2.11. The second kappa shape index (κ2) is 4.47. The van der Waals surface area contributed by atoms with E-state index in [0.29, 0.717) is 5.16 Å². The molecular formula is C10H7F3N6S. The van der Waals surface area contributed by atoms with E-state index in [1.54, 1.807) is 24.0 Å². The van der Waals surface area contributed by atoms with Gasteiger partial charge in [-0.05, 0) is 11.8 Å². The summed E-state index contributed by atoms with van der Waals surface area (Å²) in [4.78, 5) is 11.2. The third-order valence-corrected chi connectivity index (χ3v) is 3.56. The van der Waals surface area contributed by atoms with E-state index in [4.69, 9.17) is 0 Å². The Labute approximate surface area is 114 Å². The molecule has 20 heavy (non-hydrogen) atoms. The molecule has 0 fully saturated rings. The number of rotatable bonds is 2. The molecule has 0 unspecified atom stereocenters. The molecule has 0 aliphatic rings. The molecule has 0 aromatic carbocycles. The Hall–Kier alpha value is -2.10. The SMILES string of the molecule is Cn1ccnc1Sc1cc(C(F)(F)F)nc2ncnn12. The van der Waals surface area contributed by atoms with Crippen LogP contribution >= 0.6 is 11.8 Å². The fourth-order valence-electron chi connectivity index (χ4n) is 1.55. The van der Waals surface area contributed by atoms with E-state index in [1.807, 2.05) is 0 Å². The van der Waals surface area contributed by atoms with E-state index in [0.717, 1.165) is 24.2 Å². The van der Waals surface area contributed by atoms with Crippen LogP contribution < -0.4 is 0 Å². The molecule has 0 saturated heterocycles. The topological polar surface area (TPSA) is 60.9 Å². The molecule has 3 rings (SSSR count). The largest absolute Gasteiger partial charge is 0.433 e. The van der Waals surface area contributed by atoms with Gasteiger partial charge in [-0.3, -0.25) is 0 Å². The maximum Gasteiger partial charge on any atom is 0.433 e. The normalized spacial score (nSPS) is 12.2. The van der Waals surface area contributed by atoms with Crippen LogP contribution in [0, 0.1) is 0 Å². The van der Waals surface area contributed by atoms with Crippen LogP contribution in [0.5, 0.6) is 0 Å². The molecule has 10 heteroatoms. The van der Waals surface area contributed by atoms with Gasteiger partial charge < -0.3 is 4.57 Å². The minimum Gasteiger partial charge on any atom is -0.329 e. The molecule has 0 aliphatic carbocycles. The predicted molar refractivity (Wildman–Crippen MR) is 63.1 cm³/mol. The molecule has 6 nitrogen and oxygen atoms in total. The van der Waals surface area contributed by atoms with Gasteiger partial charge in [-0.25, -0.2) is 9.97 Å². The Morgan fingerprint density at radius 1 is 1.25 bits per heavy atom. The fourth-order valence-corrected chi connectivity index (χ4v) is 2.44. The maximum atomic E-state index is 12.8. The summed E-state index contributed by atoms with van der Waals surface area (Å²) in [6, 6.07) is 0.932. The first-order chi connectivity index (χ1) is 9.45. The molecule has 0 amide bonds. The van der Waals surface area contributed by atoms with Gasteiger partial charge in [0.25, 0.3) is 5.78 Å². The Kier molecular flexibility index (Phi) is 2.89. The van der Waals surface area contributed by atoms with E-state index in [1.165, 1.54) is 4.52 Å². The highest BCUT2D eigenvalue weighted by molar-refractivity contribution is 7.99. The number of halogens is 3. The highest BCUT2D eigenvalue weighted by Crippen LogP contribution is 2.32. The first-order valence-electron chi connectivity index (χ1n) is 5.38. The van der Waals surface area contributed by atoms with Gasteiger partial charge in [-0.15, -0.1) is 0 Å². The quantitative estimate of drug-likeness (QED) is 0.678. The van der Waals surface area contributed by atoms with Crippen LogP contribution in [0.3, 0.4) is 0 Å². The Morgan fingerprint density at radius 2 is 2.05 bits per heavy atom. The van der Waals surface area contributed by atoms with Crippen molar-refractivity contribution < 1.29 is 13.2 Å². The van der Waals surface area contributed by atoms with Crippen molar-refractivity contribution in [2.45, 2.75) is 16.4 Å². The molecule has 104 valence electrons. The van der Waals surface area contributed by atoms with Crippen LogP contribution in [0.4, 0.5) is 13.2 Å². The lowest BCUT2D eigenvalue weighted by molar-refractivity contribution is -0.141. The molecule has 0 N–H and O–H groups in total. The highest BCUT2D eigenvalue weighted by Gasteiger charge is 2.34. The number of hydrogen-bond donors (Lipinski definition) is 0. The van der Waals surface area contributed by atoms with Crippen molar-refractivity contribution in [1.82, 2.24) is 29.1 Å². The van der Waals surface area contributed by atoms with Gasteiger partial charge >= 0.3 is 6.18 Å². The van der Waals surface area contributed by atoms with Gasteiger partial charge in [0, 0.05) is 25.5 Å². The van der Waals surface area contributed by atoms with Gasteiger partial charge in [0.2, 0.25) is 0 Å².